The number of rotatable bonds is 2. The van der Waals surface area contributed by atoms with Gasteiger partial charge in [-0.3, -0.25) is 0 Å². The van der Waals surface area contributed by atoms with Crippen molar-refractivity contribution in [2.75, 3.05) is 14.2 Å². The second-order valence-electron chi connectivity index (χ2n) is 3.50. The number of hydrogen-bond donors (Lipinski definition) is 0. The van der Waals surface area contributed by atoms with E-state index in [1.165, 1.54) is 26.4 Å². The molecule has 6 heteroatoms. The fraction of sp³-hybridized carbons (Fsp3) is 0.143. The Morgan fingerprint density at radius 2 is 1.75 bits per heavy atom. The molecule has 106 valence electrons. The average molecular weight is 281 g/mol. The SMILES string of the molecule is COC(=O)c1cc(F)cnc1OC.Fc1ccccc1. The molecule has 0 aliphatic heterocycles. The van der Waals surface area contributed by atoms with Crippen molar-refractivity contribution in [3.8, 4) is 5.88 Å². The van der Waals surface area contributed by atoms with Gasteiger partial charge in [0.25, 0.3) is 0 Å². The first kappa shape index (κ1) is 15.6. The quantitative estimate of drug-likeness (QED) is 0.794. The maximum absolute atomic E-state index is 12.7. The Balaban J connectivity index is 0.000000240. The molecular weight excluding hydrogens is 268 g/mol. The van der Waals surface area contributed by atoms with Crippen LogP contribution >= 0.6 is 0 Å². The van der Waals surface area contributed by atoms with Crippen molar-refractivity contribution in [2.24, 2.45) is 0 Å². The van der Waals surface area contributed by atoms with Gasteiger partial charge >= 0.3 is 5.97 Å². The van der Waals surface area contributed by atoms with E-state index in [1.807, 2.05) is 0 Å². The fourth-order valence-corrected chi connectivity index (χ4v) is 1.26. The molecular formula is C14H13F2NO3. The minimum Gasteiger partial charge on any atom is -0.480 e. The summed E-state index contributed by atoms with van der Waals surface area (Å²) in [6.07, 6.45) is 0.964. The van der Waals surface area contributed by atoms with Crippen molar-refractivity contribution in [3.05, 3.63) is 59.8 Å². The zero-order valence-electron chi connectivity index (χ0n) is 11.0. The van der Waals surface area contributed by atoms with Crippen LogP contribution in [0.2, 0.25) is 0 Å². The zero-order chi connectivity index (χ0) is 15.0. The number of benzene rings is 1. The molecule has 1 heterocycles. The smallest absolute Gasteiger partial charge is 0.343 e. The molecule has 0 aliphatic carbocycles. The Morgan fingerprint density at radius 1 is 1.10 bits per heavy atom. The summed E-state index contributed by atoms with van der Waals surface area (Å²) in [6.45, 7) is 0. The molecule has 0 fully saturated rings. The topological polar surface area (TPSA) is 48.4 Å². The van der Waals surface area contributed by atoms with Gasteiger partial charge in [0.05, 0.1) is 20.4 Å². The maximum atomic E-state index is 12.7. The highest BCUT2D eigenvalue weighted by Crippen LogP contribution is 2.16. The Bertz CT molecular complexity index is 562. The molecule has 0 radical (unpaired) electrons. The van der Waals surface area contributed by atoms with Crippen LogP contribution in [-0.4, -0.2) is 25.2 Å². The average Bonchev–Trinajstić information content (AvgIpc) is 2.48. The summed E-state index contributed by atoms with van der Waals surface area (Å²) in [5.74, 6) is -1.42. The third-order valence-electron chi connectivity index (χ3n) is 2.15. The van der Waals surface area contributed by atoms with Crippen LogP contribution in [0.5, 0.6) is 5.88 Å². The summed E-state index contributed by atoms with van der Waals surface area (Å²) in [5, 5.41) is 0. The van der Waals surface area contributed by atoms with Gasteiger partial charge in [0, 0.05) is 0 Å². The van der Waals surface area contributed by atoms with E-state index in [-0.39, 0.29) is 17.3 Å². The standard InChI is InChI=1S/C8H8FNO3.C6H5F/c1-12-7-6(8(11)13-2)3-5(9)4-10-7;7-6-4-2-1-3-5-6/h3-4H,1-2H3;1-5H. The number of aromatic nitrogens is 1. The molecule has 0 atom stereocenters. The van der Waals surface area contributed by atoms with E-state index in [2.05, 4.69) is 9.72 Å². The molecule has 0 saturated heterocycles. The second-order valence-corrected chi connectivity index (χ2v) is 3.50. The number of ether oxygens (including phenoxy) is 2. The molecule has 0 aliphatic rings. The first-order valence-corrected chi connectivity index (χ1v) is 5.57. The lowest BCUT2D eigenvalue weighted by atomic mass is 10.3. The second kappa shape index (κ2) is 7.83. The van der Waals surface area contributed by atoms with E-state index >= 15 is 0 Å². The molecule has 0 N–H and O–H groups in total. The molecule has 0 unspecified atom stereocenters. The minimum absolute atomic E-state index is 0.0231. The van der Waals surface area contributed by atoms with Crippen molar-refractivity contribution in [2.45, 2.75) is 0 Å². The third-order valence-corrected chi connectivity index (χ3v) is 2.15. The van der Waals surface area contributed by atoms with Crippen LogP contribution in [0.4, 0.5) is 8.78 Å². The molecule has 0 spiro atoms. The predicted molar refractivity (Wildman–Crippen MR) is 68.5 cm³/mol. The number of halogens is 2. The Morgan fingerprint density at radius 3 is 2.20 bits per heavy atom. The molecule has 2 rings (SSSR count). The van der Waals surface area contributed by atoms with Gasteiger partial charge in [0.1, 0.15) is 17.2 Å². The lowest BCUT2D eigenvalue weighted by Crippen LogP contribution is -2.06. The molecule has 4 nitrogen and oxygen atoms in total. The van der Waals surface area contributed by atoms with Crippen LogP contribution in [0.3, 0.4) is 0 Å². The van der Waals surface area contributed by atoms with E-state index in [4.69, 9.17) is 4.74 Å². The van der Waals surface area contributed by atoms with Gasteiger partial charge in [-0.2, -0.15) is 0 Å². The van der Waals surface area contributed by atoms with E-state index in [0.717, 1.165) is 12.3 Å². The lowest BCUT2D eigenvalue weighted by Gasteiger charge is -2.04. The summed E-state index contributed by atoms with van der Waals surface area (Å²) < 4.78 is 33.7. The normalized spacial score (nSPS) is 9.20. The molecule has 0 bridgehead atoms. The van der Waals surface area contributed by atoms with Gasteiger partial charge in [0.15, 0.2) is 0 Å². The van der Waals surface area contributed by atoms with Crippen LogP contribution < -0.4 is 4.74 Å². The van der Waals surface area contributed by atoms with Gasteiger partial charge in [-0.15, -0.1) is 0 Å². The van der Waals surface area contributed by atoms with Gasteiger partial charge in [-0.05, 0) is 18.2 Å². The molecule has 20 heavy (non-hydrogen) atoms. The van der Waals surface area contributed by atoms with E-state index in [9.17, 15) is 13.6 Å². The number of methoxy groups -OCH3 is 2. The highest BCUT2D eigenvalue weighted by atomic mass is 19.1. The van der Waals surface area contributed by atoms with E-state index in [1.54, 1.807) is 18.2 Å². The minimum atomic E-state index is -0.677. The van der Waals surface area contributed by atoms with Gasteiger partial charge < -0.3 is 9.47 Å². The van der Waals surface area contributed by atoms with Crippen LogP contribution in [0.15, 0.2) is 42.6 Å². The van der Waals surface area contributed by atoms with Gasteiger partial charge in [-0.25, -0.2) is 18.6 Å². The molecule has 0 saturated carbocycles. The van der Waals surface area contributed by atoms with Crippen molar-refractivity contribution in [3.63, 3.8) is 0 Å². The molecule has 1 aromatic heterocycles. The van der Waals surface area contributed by atoms with Crippen molar-refractivity contribution in [1.82, 2.24) is 4.98 Å². The van der Waals surface area contributed by atoms with Crippen molar-refractivity contribution in [1.29, 1.82) is 0 Å². The Labute approximate surface area is 115 Å². The fourth-order valence-electron chi connectivity index (χ4n) is 1.26. The van der Waals surface area contributed by atoms with Gasteiger partial charge in [0.2, 0.25) is 5.88 Å². The number of esters is 1. The van der Waals surface area contributed by atoms with E-state index < -0.39 is 11.8 Å². The molecule has 2 aromatic rings. The highest BCUT2D eigenvalue weighted by molar-refractivity contribution is 5.91. The number of pyridine rings is 1. The largest absolute Gasteiger partial charge is 0.480 e. The first-order chi connectivity index (χ1) is 9.58. The monoisotopic (exact) mass is 281 g/mol. The van der Waals surface area contributed by atoms with Crippen LogP contribution in [0, 0.1) is 11.6 Å². The van der Waals surface area contributed by atoms with Crippen molar-refractivity contribution >= 4 is 5.97 Å². The number of nitrogens with zero attached hydrogens (tertiary/aromatic N) is 1. The Kier molecular flexibility index (Phi) is 6.09. The number of carbonyl (C=O) groups is 1. The van der Waals surface area contributed by atoms with Gasteiger partial charge in [-0.1, -0.05) is 18.2 Å². The predicted octanol–water partition coefficient (Wildman–Crippen LogP) is 2.84. The summed E-state index contributed by atoms with van der Waals surface area (Å²) >= 11 is 0. The maximum Gasteiger partial charge on any atom is 0.343 e. The summed E-state index contributed by atoms with van der Waals surface area (Å²) in [5.41, 5.74) is -0.0231. The zero-order valence-corrected chi connectivity index (χ0v) is 11.0. The number of hydrogen-bond acceptors (Lipinski definition) is 4. The molecule has 0 amide bonds. The van der Waals surface area contributed by atoms with Crippen LogP contribution in [-0.2, 0) is 4.74 Å². The first-order valence-electron chi connectivity index (χ1n) is 5.57. The molecule has 1 aromatic carbocycles. The Hall–Kier alpha value is -2.50. The van der Waals surface area contributed by atoms with Crippen LogP contribution in [0.1, 0.15) is 10.4 Å². The summed E-state index contributed by atoms with van der Waals surface area (Å²) in [6, 6.07) is 8.95. The summed E-state index contributed by atoms with van der Waals surface area (Å²) in [7, 11) is 2.54. The lowest BCUT2D eigenvalue weighted by molar-refractivity contribution is 0.0595. The van der Waals surface area contributed by atoms with E-state index in [0.29, 0.717) is 0 Å². The third kappa shape index (κ3) is 4.64. The van der Waals surface area contributed by atoms with Crippen LogP contribution in [0.25, 0.3) is 0 Å². The highest BCUT2D eigenvalue weighted by Gasteiger charge is 2.14. The summed E-state index contributed by atoms with van der Waals surface area (Å²) in [4.78, 5) is 14.6. The number of carbonyl (C=O) groups excluding carboxylic acids is 1. The van der Waals surface area contributed by atoms with Crippen molar-refractivity contribution < 1.29 is 23.0 Å².